The minimum Gasteiger partial charge on any atom is -0.508 e. The summed E-state index contributed by atoms with van der Waals surface area (Å²) in [4.78, 5) is 5.38. The highest BCUT2D eigenvalue weighted by molar-refractivity contribution is 6.01. The Labute approximate surface area is 110 Å². The molecule has 0 bridgehead atoms. The average Bonchev–Trinajstić information content (AvgIpc) is 2.90. The van der Waals surface area contributed by atoms with Crippen LogP contribution < -0.4 is 0 Å². The van der Waals surface area contributed by atoms with Crippen LogP contribution in [0, 0.1) is 5.82 Å². The van der Waals surface area contributed by atoms with Gasteiger partial charge in [0.15, 0.2) is 6.10 Å². The molecule has 3 nitrogen and oxygen atoms in total. The first kappa shape index (κ1) is 11.7. The molecule has 1 unspecified atom stereocenters. The van der Waals surface area contributed by atoms with Gasteiger partial charge in [-0.2, -0.15) is 0 Å². The highest BCUT2D eigenvalue weighted by Crippen LogP contribution is 2.29. The van der Waals surface area contributed by atoms with Crippen molar-refractivity contribution in [3.63, 3.8) is 0 Å². The SMILES string of the molecule is Oc1ccc(C2=NOC(c3ccc(F)cc3)C2)cc1. The molecule has 1 atom stereocenters. The van der Waals surface area contributed by atoms with Gasteiger partial charge in [0.1, 0.15) is 11.6 Å². The van der Waals surface area contributed by atoms with Crippen molar-refractivity contribution in [2.45, 2.75) is 12.5 Å². The molecule has 2 aromatic rings. The first-order valence-electron chi connectivity index (χ1n) is 6.00. The first-order valence-corrected chi connectivity index (χ1v) is 6.00. The van der Waals surface area contributed by atoms with Crippen LogP contribution in [0.1, 0.15) is 23.7 Å². The molecule has 2 aromatic carbocycles. The molecule has 0 amide bonds. The average molecular weight is 257 g/mol. The predicted octanol–water partition coefficient (Wildman–Crippen LogP) is 3.40. The van der Waals surface area contributed by atoms with Crippen LogP contribution in [0.5, 0.6) is 5.75 Å². The van der Waals surface area contributed by atoms with Crippen molar-refractivity contribution >= 4 is 5.71 Å². The number of hydrogen-bond acceptors (Lipinski definition) is 3. The Morgan fingerprint density at radius 3 is 2.42 bits per heavy atom. The number of benzene rings is 2. The number of nitrogens with zero attached hydrogens (tertiary/aromatic N) is 1. The molecule has 19 heavy (non-hydrogen) atoms. The first-order chi connectivity index (χ1) is 9.22. The fraction of sp³-hybridized carbons (Fsp3) is 0.133. The topological polar surface area (TPSA) is 41.8 Å². The summed E-state index contributed by atoms with van der Waals surface area (Å²) in [7, 11) is 0. The quantitative estimate of drug-likeness (QED) is 0.895. The molecule has 0 aliphatic carbocycles. The van der Waals surface area contributed by atoms with Crippen molar-refractivity contribution in [1.29, 1.82) is 0 Å². The number of oxime groups is 1. The number of halogens is 1. The van der Waals surface area contributed by atoms with Gasteiger partial charge in [0, 0.05) is 6.42 Å². The van der Waals surface area contributed by atoms with Gasteiger partial charge in [-0.15, -0.1) is 0 Å². The minimum atomic E-state index is -0.263. The van der Waals surface area contributed by atoms with Crippen molar-refractivity contribution in [3.8, 4) is 5.75 Å². The zero-order chi connectivity index (χ0) is 13.2. The van der Waals surface area contributed by atoms with Gasteiger partial charge in [-0.05, 0) is 47.5 Å². The van der Waals surface area contributed by atoms with Crippen LogP contribution in [-0.4, -0.2) is 10.8 Å². The summed E-state index contributed by atoms with van der Waals surface area (Å²) < 4.78 is 12.9. The Morgan fingerprint density at radius 2 is 1.74 bits per heavy atom. The molecular weight excluding hydrogens is 245 g/mol. The second-order valence-corrected chi connectivity index (χ2v) is 4.43. The van der Waals surface area contributed by atoms with E-state index in [0.717, 1.165) is 16.8 Å². The normalized spacial score (nSPS) is 17.9. The molecule has 96 valence electrons. The fourth-order valence-corrected chi connectivity index (χ4v) is 2.06. The summed E-state index contributed by atoms with van der Waals surface area (Å²) in [6, 6.07) is 13.1. The van der Waals surface area contributed by atoms with E-state index in [1.807, 2.05) is 0 Å². The van der Waals surface area contributed by atoms with Gasteiger partial charge in [-0.3, -0.25) is 0 Å². The highest BCUT2D eigenvalue weighted by atomic mass is 19.1. The molecule has 3 rings (SSSR count). The number of phenols is 1. The van der Waals surface area contributed by atoms with E-state index >= 15 is 0 Å². The van der Waals surface area contributed by atoms with Crippen LogP contribution >= 0.6 is 0 Å². The van der Waals surface area contributed by atoms with Crippen LogP contribution in [0.3, 0.4) is 0 Å². The predicted molar refractivity (Wildman–Crippen MR) is 69.5 cm³/mol. The van der Waals surface area contributed by atoms with E-state index in [1.165, 1.54) is 12.1 Å². The molecule has 0 fully saturated rings. The summed E-state index contributed by atoms with van der Waals surface area (Å²) in [5.41, 5.74) is 2.65. The van der Waals surface area contributed by atoms with Gasteiger partial charge < -0.3 is 9.94 Å². The zero-order valence-electron chi connectivity index (χ0n) is 10.1. The maximum absolute atomic E-state index is 12.9. The largest absolute Gasteiger partial charge is 0.508 e. The smallest absolute Gasteiger partial charge is 0.158 e. The van der Waals surface area contributed by atoms with Crippen LogP contribution in [0.25, 0.3) is 0 Å². The molecule has 0 saturated carbocycles. The second kappa shape index (κ2) is 4.72. The molecule has 0 spiro atoms. The third kappa shape index (κ3) is 2.42. The molecule has 1 aliphatic rings. The lowest BCUT2D eigenvalue weighted by atomic mass is 10.0. The van der Waals surface area contributed by atoms with E-state index in [4.69, 9.17) is 4.84 Å². The molecule has 1 aliphatic heterocycles. The Bertz CT molecular complexity index is 605. The molecule has 0 saturated heterocycles. The maximum Gasteiger partial charge on any atom is 0.158 e. The van der Waals surface area contributed by atoms with E-state index in [0.29, 0.717) is 6.42 Å². The lowest BCUT2D eigenvalue weighted by Crippen LogP contribution is -2.01. The van der Waals surface area contributed by atoms with Gasteiger partial charge >= 0.3 is 0 Å². The molecular formula is C15H12FNO2. The van der Waals surface area contributed by atoms with E-state index in [2.05, 4.69) is 5.16 Å². The van der Waals surface area contributed by atoms with Gasteiger partial charge in [0.05, 0.1) is 5.71 Å². The van der Waals surface area contributed by atoms with Gasteiger partial charge in [-0.1, -0.05) is 17.3 Å². The number of aromatic hydroxyl groups is 1. The zero-order valence-corrected chi connectivity index (χ0v) is 10.1. The van der Waals surface area contributed by atoms with Crippen molar-refractivity contribution in [3.05, 3.63) is 65.5 Å². The van der Waals surface area contributed by atoms with Gasteiger partial charge in [0.2, 0.25) is 0 Å². The molecule has 0 radical (unpaired) electrons. The summed E-state index contributed by atoms with van der Waals surface area (Å²) in [6.07, 6.45) is 0.459. The summed E-state index contributed by atoms with van der Waals surface area (Å²) in [6.45, 7) is 0. The number of phenolic OH excluding ortho intramolecular Hbond substituents is 1. The Balaban J connectivity index is 1.76. The Morgan fingerprint density at radius 1 is 1.05 bits per heavy atom. The third-order valence-corrected chi connectivity index (χ3v) is 3.11. The monoisotopic (exact) mass is 257 g/mol. The van der Waals surface area contributed by atoms with Crippen LogP contribution in [-0.2, 0) is 4.84 Å². The number of rotatable bonds is 2. The fourth-order valence-electron chi connectivity index (χ4n) is 2.06. The highest BCUT2D eigenvalue weighted by Gasteiger charge is 2.23. The minimum absolute atomic E-state index is 0.176. The van der Waals surface area contributed by atoms with Crippen molar-refractivity contribution in [2.75, 3.05) is 0 Å². The standard InChI is InChI=1S/C15H12FNO2/c16-12-5-1-11(2-6-12)15-9-14(17-19-15)10-3-7-13(18)8-4-10/h1-8,15,18H,9H2. The Hall–Kier alpha value is -2.36. The lowest BCUT2D eigenvalue weighted by Gasteiger charge is -2.07. The van der Waals surface area contributed by atoms with Crippen LogP contribution in [0.4, 0.5) is 4.39 Å². The van der Waals surface area contributed by atoms with E-state index in [9.17, 15) is 9.50 Å². The maximum atomic E-state index is 12.9. The Kier molecular flexibility index (Phi) is 2.91. The lowest BCUT2D eigenvalue weighted by molar-refractivity contribution is 0.0857. The van der Waals surface area contributed by atoms with Crippen LogP contribution in [0.2, 0.25) is 0 Å². The second-order valence-electron chi connectivity index (χ2n) is 4.43. The summed E-state index contributed by atoms with van der Waals surface area (Å²) >= 11 is 0. The third-order valence-electron chi connectivity index (χ3n) is 3.11. The van der Waals surface area contributed by atoms with Crippen molar-refractivity contribution in [2.24, 2.45) is 5.16 Å². The van der Waals surface area contributed by atoms with Gasteiger partial charge in [-0.25, -0.2) is 4.39 Å². The van der Waals surface area contributed by atoms with Gasteiger partial charge in [0.25, 0.3) is 0 Å². The van der Waals surface area contributed by atoms with E-state index in [-0.39, 0.29) is 17.7 Å². The summed E-state index contributed by atoms with van der Waals surface area (Å²) in [5.74, 6) is -0.0419. The number of hydrogen-bond donors (Lipinski definition) is 1. The van der Waals surface area contributed by atoms with E-state index < -0.39 is 0 Å². The van der Waals surface area contributed by atoms with Crippen molar-refractivity contribution in [1.82, 2.24) is 0 Å². The molecule has 0 aromatic heterocycles. The van der Waals surface area contributed by atoms with E-state index in [1.54, 1.807) is 36.4 Å². The van der Waals surface area contributed by atoms with Crippen molar-refractivity contribution < 1.29 is 14.3 Å². The molecule has 1 N–H and O–H groups in total. The van der Waals surface area contributed by atoms with Crippen LogP contribution in [0.15, 0.2) is 53.7 Å². The molecule has 4 heteroatoms. The molecule has 1 heterocycles. The summed E-state index contributed by atoms with van der Waals surface area (Å²) in [5, 5.41) is 13.3.